The summed E-state index contributed by atoms with van der Waals surface area (Å²) in [6.07, 6.45) is 7.63. The van der Waals surface area contributed by atoms with Crippen LogP contribution in [0.5, 0.6) is 5.75 Å². The maximum atomic E-state index is 14.3. The third-order valence-corrected chi connectivity index (χ3v) is 6.41. The number of methoxy groups -OCH3 is 1. The number of aryl methyl sites for hydroxylation is 1. The van der Waals surface area contributed by atoms with Crippen molar-refractivity contribution in [1.29, 1.82) is 0 Å². The minimum absolute atomic E-state index is 0.139. The molecule has 4 rings (SSSR count). The van der Waals surface area contributed by atoms with Crippen molar-refractivity contribution < 1.29 is 9.13 Å². The van der Waals surface area contributed by atoms with Gasteiger partial charge in [0, 0.05) is 44.1 Å². The van der Waals surface area contributed by atoms with E-state index in [1.807, 2.05) is 12.3 Å². The van der Waals surface area contributed by atoms with Crippen molar-refractivity contribution in [2.45, 2.75) is 45.8 Å². The van der Waals surface area contributed by atoms with Crippen LogP contribution in [-0.2, 0) is 19.6 Å². The number of ether oxygens (including phenoxy) is 1. The van der Waals surface area contributed by atoms with Gasteiger partial charge in [-0.25, -0.2) is 9.37 Å². The second-order valence-electron chi connectivity index (χ2n) is 8.36. The van der Waals surface area contributed by atoms with Gasteiger partial charge >= 0.3 is 0 Å². The molecule has 1 aromatic heterocycles. The van der Waals surface area contributed by atoms with Gasteiger partial charge in [0.05, 0.1) is 13.7 Å². The lowest BCUT2D eigenvalue weighted by atomic mass is 9.79. The molecule has 1 spiro atoms. The van der Waals surface area contributed by atoms with Gasteiger partial charge in [-0.1, -0.05) is 0 Å². The van der Waals surface area contributed by atoms with Crippen LogP contribution in [0.4, 0.5) is 4.39 Å². The average Bonchev–Trinajstić information content (AvgIpc) is 3.31. The minimum atomic E-state index is -0.139. The van der Waals surface area contributed by atoms with Crippen LogP contribution in [0.2, 0.25) is 0 Å². The molecule has 0 amide bonds. The number of aromatic nitrogens is 2. The Morgan fingerprint density at radius 1 is 1.14 bits per heavy atom. The number of likely N-dealkylation sites (tertiary alicyclic amines) is 2. The van der Waals surface area contributed by atoms with Gasteiger partial charge in [-0.2, -0.15) is 0 Å². The molecular weight excluding hydrogens is 355 g/mol. The Hall–Kier alpha value is -1.92. The van der Waals surface area contributed by atoms with Crippen LogP contribution < -0.4 is 4.74 Å². The van der Waals surface area contributed by atoms with Gasteiger partial charge in [0.15, 0.2) is 0 Å². The van der Waals surface area contributed by atoms with Crippen molar-refractivity contribution in [1.82, 2.24) is 19.4 Å². The molecule has 2 aliphatic heterocycles. The third-order valence-electron chi connectivity index (χ3n) is 6.41. The molecule has 2 aromatic rings. The number of rotatable bonds is 6. The number of piperidine rings is 1. The van der Waals surface area contributed by atoms with Crippen molar-refractivity contribution in [3.63, 3.8) is 0 Å². The molecule has 0 aliphatic carbocycles. The lowest BCUT2D eigenvalue weighted by Crippen LogP contribution is -2.44. The van der Waals surface area contributed by atoms with Gasteiger partial charge in [-0.05, 0) is 62.9 Å². The summed E-state index contributed by atoms with van der Waals surface area (Å²) in [6.45, 7) is 9.03. The molecule has 2 fully saturated rings. The first-order chi connectivity index (χ1) is 13.6. The Morgan fingerprint density at radius 2 is 1.96 bits per heavy atom. The van der Waals surface area contributed by atoms with E-state index in [1.54, 1.807) is 13.2 Å². The Bertz CT molecular complexity index is 808. The predicted molar refractivity (Wildman–Crippen MR) is 108 cm³/mol. The largest absolute Gasteiger partial charge is 0.497 e. The summed E-state index contributed by atoms with van der Waals surface area (Å²) in [5.74, 6) is 1.74. The molecule has 1 atom stereocenters. The Balaban J connectivity index is 1.40. The number of imidazole rings is 1. The summed E-state index contributed by atoms with van der Waals surface area (Å²) in [7, 11) is 1.63. The monoisotopic (exact) mass is 386 g/mol. The van der Waals surface area contributed by atoms with E-state index < -0.39 is 0 Å². The van der Waals surface area contributed by atoms with Crippen molar-refractivity contribution in [3.8, 4) is 5.75 Å². The smallest absolute Gasteiger partial charge is 0.127 e. The molecule has 6 heteroatoms. The highest BCUT2D eigenvalue weighted by atomic mass is 19.1. The fourth-order valence-corrected chi connectivity index (χ4v) is 4.96. The fraction of sp³-hybridized carbons (Fsp3) is 0.591. The maximum absolute atomic E-state index is 14.3. The molecule has 0 bridgehead atoms. The zero-order valence-electron chi connectivity index (χ0n) is 17.0. The number of halogens is 1. The van der Waals surface area contributed by atoms with Crippen molar-refractivity contribution in [2.24, 2.45) is 5.41 Å². The molecule has 0 radical (unpaired) electrons. The van der Waals surface area contributed by atoms with Crippen LogP contribution in [0, 0.1) is 11.2 Å². The van der Waals surface area contributed by atoms with Gasteiger partial charge < -0.3 is 9.30 Å². The van der Waals surface area contributed by atoms with Crippen LogP contribution in [0.15, 0.2) is 30.6 Å². The van der Waals surface area contributed by atoms with Gasteiger partial charge in [-0.3, -0.25) is 9.80 Å². The Labute approximate surface area is 167 Å². The molecule has 0 saturated carbocycles. The number of benzene rings is 1. The van der Waals surface area contributed by atoms with Gasteiger partial charge in [0.2, 0.25) is 0 Å². The van der Waals surface area contributed by atoms with Crippen LogP contribution in [-0.4, -0.2) is 52.6 Å². The highest BCUT2D eigenvalue weighted by molar-refractivity contribution is 5.29. The molecule has 1 aromatic carbocycles. The molecule has 28 heavy (non-hydrogen) atoms. The summed E-state index contributed by atoms with van der Waals surface area (Å²) >= 11 is 0. The summed E-state index contributed by atoms with van der Waals surface area (Å²) in [5.41, 5.74) is 1.06. The lowest BCUT2D eigenvalue weighted by Gasteiger charge is -2.40. The third kappa shape index (κ3) is 4.08. The standard InChI is InChI=1S/C22H31FN4O/c1-3-27-12-9-24-21(27)15-26-11-8-22(17-26)7-4-10-25(16-22)14-18-13-19(28-2)5-6-20(18)23/h5-6,9,12-13H,3-4,7-8,10-11,14-17H2,1-2H3. The normalized spacial score (nSPS) is 23.5. The van der Waals surface area contributed by atoms with E-state index in [2.05, 4.69) is 32.5 Å². The number of hydrogen-bond acceptors (Lipinski definition) is 4. The first-order valence-corrected chi connectivity index (χ1v) is 10.4. The van der Waals surface area contributed by atoms with Crippen LogP contribution in [0.1, 0.15) is 37.6 Å². The van der Waals surface area contributed by atoms with E-state index in [0.29, 0.717) is 12.0 Å². The zero-order valence-corrected chi connectivity index (χ0v) is 17.0. The van der Waals surface area contributed by atoms with Gasteiger partial charge in [-0.15, -0.1) is 0 Å². The van der Waals surface area contributed by atoms with Crippen molar-refractivity contribution in [2.75, 3.05) is 33.3 Å². The van der Waals surface area contributed by atoms with E-state index in [9.17, 15) is 4.39 Å². The van der Waals surface area contributed by atoms with E-state index in [4.69, 9.17) is 4.74 Å². The van der Waals surface area contributed by atoms with E-state index in [0.717, 1.165) is 56.4 Å². The Kier molecular flexibility index (Phi) is 5.69. The first-order valence-electron chi connectivity index (χ1n) is 10.4. The summed E-state index contributed by atoms with van der Waals surface area (Å²) in [5, 5.41) is 0. The van der Waals surface area contributed by atoms with Crippen LogP contribution >= 0.6 is 0 Å². The minimum Gasteiger partial charge on any atom is -0.497 e. The number of hydrogen-bond donors (Lipinski definition) is 0. The average molecular weight is 387 g/mol. The van der Waals surface area contributed by atoms with Crippen molar-refractivity contribution >= 4 is 0 Å². The highest BCUT2D eigenvalue weighted by Gasteiger charge is 2.41. The topological polar surface area (TPSA) is 33.5 Å². The van der Waals surface area contributed by atoms with E-state index in [-0.39, 0.29) is 5.82 Å². The van der Waals surface area contributed by atoms with Crippen LogP contribution in [0.25, 0.3) is 0 Å². The summed E-state index contributed by atoms with van der Waals surface area (Å²) < 4.78 is 21.8. The molecule has 0 N–H and O–H groups in total. The summed E-state index contributed by atoms with van der Waals surface area (Å²) in [6, 6.07) is 5.04. The highest BCUT2D eigenvalue weighted by Crippen LogP contribution is 2.40. The SMILES string of the molecule is CCn1ccnc1CN1CCC2(CCCN(Cc3cc(OC)ccc3F)C2)C1. The second-order valence-corrected chi connectivity index (χ2v) is 8.36. The number of nitrogens with zero attached hydrogens (tertiary/aromatic N) is 4. The second kappa shape index (κ2) is 8.21. The first kappa shape index (κ1) is 19.4. The molecule has 5 nitrogen and oxygen atoms in total. The fourth-order valence-electron chi connectivity index (χ4n) is 4.96. The van der Waals surface area contributed by atoms with E-state index in [1.165, 1.54) is 25.3 Å². The molecule has 2 saturated heterocycles. The summed E-state index contributed by atoms with van der Waals surface area (Å²) in [4.78, 5) is 9.51. The lowest BCUT2D eigenvalue weighted by molar-refractivity contribution is 0.0853. The Morgan fingerprint density at radius 3 is 2.75 bits per heavy atom. The molecule has 152 valence electrons. The molecule has 1 unspecified atom stereocenters. The van der Waals surface area contributed by atoms with E-state index >= 15 is 0 Å². The van der Waals surface area contributed by atoms with Gasteiger partial charge in [0.1, 0.15) is 17.4 Å². The predicted octanol–water partition coefficient (Wildman–Crippen LogP) is 3.54. The molecule has 3 heterocycles. The molecule has 2 aliphatic rings. The van der Waals surface area contributed by atoms with Gasteiger partial charge in [0.25, 0.3) is 0 Å². The molecular formula is C22H31FN4O. The maximum Gasteiger partial charge on any atom is 0.127 e. The van der Waals surface area contributed by atoms with Crippen molar-refractivity contribution in [3.05, 3.63) is 47.8 Å². The zero-order chi connectivity index (χ0) is 19.6. The quantitative estimate of drug-likeness (QED) is 0.760. The van der Waals surface area contributed by atoms with Crippen LogP contribution in [0.3, 0.4) is 0 Å².